The number of fused-ring (bicyclic) bond motifs is 1. The highest BCUT2D eigenvalue weighted by molar-refractivity contribution is 7.98. The highest BCUT2D eigenvalue weighted by atomic mass is 32.2. The van der Waals surface area contributed by atoms with Gasteiger partial charge in [-0.2, -0.15) is 4.31 Å². The molecule has 3 heterocycles. The number of thioether (sulfide) groups is 1. The Kier molecular flexibility index (Phi) is 7.21. The third-order valence-electron chi connectivity index (χ3n) is 6.96. The van der Waals surface area contributed by atoms with Crippen LogP contribution in [0.4, 0.5) is 4.39 Å². The van der Waals surface area contributed by atoms with Gasteiger partial charge in [0.25, 0.3) is 0 Å². The molecular formula is C26H32FN3O3S2. The first-order valence-corrected chi connectivity index (χ1v) is 14.7. The van der Waals surface area contributed by atoms with Gasteiger partial charge in [-0.25, -0.2) is 17.8 Å². The summed E-state index contributed by atoms with van der Waals surface area (Å²) in [7, 11) is -3.57. The van der Waals surface area contributed by atoms with Gasteiger partial charge in [0.15, 0.2) is 5.16 Å². The van der Waals surface area contributed by atoms with Gasteiger partial charge in [-0.1, -0.05) is 30.8 Å². The van der Waals surface area contributed by atoms with Crippen molar-refractivity contribution in [3.05, 3.63) is 53.3 Å². The van der Waals surface area contributed by atoms with Crippen LogP contribution in [-0.2, 0) is 27.1 Å². The second-order valence-corrected chi connectivity index (χ2v) is 12.7. The molecule has 0 N–H and O–H groups in total. The number of imidazole rings is 1. The number of aryl methyl sites for hydroxylation is 1. The van der Waals surface area contributed by atoms with Crippen molar-refractivity contribution in [1.29, 1.82) is 0 Å². The minimum Gasteiger partial charge on any atom is -0.376 e. The predicted octanol–water partition coefficient (Wildman–Crippen LogP) is 5.38. The van der Waals surface area contributed by atoms with Crippen LogP contribution in [0.15, 0.2) is 46.5 Å². The summed E-state index contributed by atoms with van der Waals surface area (Å²) in [5, 5.41) is 0.789. The fourth-order valence-electron chi connectivity index (χ4n) is 4.91. The molecule has 2 atom stereocenters. The molecule has 5 rings (SSSR count). The molecule has 0 saturated carbocycles. The van der Waals surface area contributed by atoms with E-state index < -0.39 is 10.0 Å². The van der Waals surface area contributed by atoms with Crippen LogP contribution < -0.4 is 0 Å². The van der Waals surface area contributed by atoms with Crippen molar-refractivity contribution >= 4 is 32.8 Å². The Balaban J connectivity index is 1.46. The number of sulfonamides is 1. The molecule has 2 unspecified atom stereocenters. The van der Waals surface area contributed by atoms with Crippen molar-refractivity contribution in [2.75, 3.05) is 19.7 Å². The van der Waals surface area contributed by atoms with Crippen LogP contribution >= 0.6 is 11.8 Å². The van der Waals surface area contributed by atoms with E-state index in [1.54, 1.807) is 35.5 Å². The van der Waals surface area contributed by atoms with E-state index in [0.29, 0.717) is 42.4 Å². The van der Waals surface area contributed by atoms with Crippen LogP contribution in [0.3, 0.4) is 0 Å². The lowest BCUT2D eigenvalue weighted by Crippen LogP contribution is -2.39. The van der Waals surface area contributed by atoms with E-state index in [4.69, 9.17) is 9.72 Å². The van der Waals surface area contributed by atoms with Gasteiger partial charge in [0.1, 0.15) is 5.82 Å². The predicted molar refractivity (Wildman–Crippen MR) is 137 cm³/mol. The third-order valence-corrected chi connectivity index (χ3v) is 9.87. The number of piperidine rings is 1. The van der Waals surface area contributed by atoms with E-state index in [9.17, 15) is 12.8 Å². The molecule has 2 saturated heterocycles. The molecule has 3 aromatic rings. The molecule has 9 heteroatoms. The van der Waals surface area contributed by atoms with Gasteiger partial charge in [-0.05, 0) is 73.9 Å². The number of hydrogen-bond donors (Lipinski definition) is 0. The molecule has 1 aromatic heterocycles. The highest BCUT2D eigenvalue weighted by Crippen LogP contribution is 2.31. The average molecular weight is 518 g/mol. The summed E-state index contributed by atoms with van der Waals surface area (Å²) >= 11 is 1.54. The zero-order chi connectivity index (χ0) is 24.6. The number of benzene rings is 2. The fourth-order valence-corrected chi connectivity index (χ4v) is 7.50. The van der Waals surface area contributed by atoms with Gasteiger partial charge in [0.2, 0.25) is 10.0 Å². The van der Waals surface area contributed by atoms with E-state index in [2.05, 4.69) is 11.5 Å². The lowest BCUT2D eigenvalue weighted by Gasteiger charge is -2.30. The molecule has 2 fully saturated rings. The summed E-state index contributed by atoms with van der Waals surface area (Å²) in [6, 6.07) is 10.6. The minimum absolute atomic E-state index is 0.113. The van der Waals surface area contributed by atoms with Gasteiger partial charge >= 0.3 is 0 Å². The van der Waals surface area contributed by atoms with E-state index in [1.807, 2.05) is 12.1 Å². The Bertz CT molecular complexity index is 1320. The van der Waals surface area contributed by atoms with Gasteiger partial charge in [-0.3, -0.25) is 0 Å². The minimum atomic E-state index is -3.57. The largest absolute Gasteiger partial charge is 0.376 e. The van der Waals surface area contributed by atoms with Crippen molar-refractivity contribution in [1.82, 2.24) is 13.9 Å². The Labute approximate surface area is 210 Å². The maximum atomic E-state index is 14.0. The molecule has 0 aliphatic carbocycles. The topological polar surface area (TPSA) is 64.4 Å². The molecule has 0 radical (unpaired) electrons. The molecular weight excluding hydrogens is 485 g/mol. The molecule has 2 aromatic carbocycles. The smallest absolute Gasteiger partial charge is 0.243 e. The molecule has 35 heavy (non-hydrogen) atoms. The van der Waals surface area contributed by atoms with Crippen molar-refractivity contribution in [2.24, 2.45) is 5.92 Å². The van der Waals surface area contributed by atoms with Gasteiger partial charge in [-0.15, -0.1) is 0 Å². The lowest BCUT2D eigenvalue weighted by molar-refractivity contribution is 0.0960. The Morgan fingerprint density at radius 2 is 2.03 bits per heavy atom. The average Bonchev–Trinajstić information content (AvgIpc) is 3.48. The second-order valence-electron chi connectivity index (χ2n) is 9.77. The summed E-state index contributed by atoms with van der Waals surface area (Å²) in [5.41, 5.74) is 3.06. The highest BCUT2D eigenvalue weighted by Gasteiger charge is 2.29. The van der Waals surface area contributed by atoms with Crippen molar-refractivity contribution < 1.29 is 17.5 Å². The number of nitrogens with zero attached hydrogens (tertiary/aromatic N) is 3. The summed E-state index contributed by atoms with van der Waals surface area (Å²) in [6.45, 7) is 6.40. The second kappa shape index (κ2) is 10.2. The van der Waals surface area contributed by atoms with E-state index in [-0.39, 0.29) is 16.8 Å². The number of halogens is 1. The van der Waals surface area contributed by atoms with Crippen LogP contribution in [0.1, 0.15) is 43.7 Å². The van der Waals surface area contributed by atoms with Crippen molar-refractivity contribution in [3.8, 4) is 0 Å². The molecule has 6 nitrogen and oxygen atoms in total. The summed E-state index contributed by atoms with van der Waals surface area (Å²) in [6.07, 6.45) is 4.09. The molecule has 2 aliphatic rings. The molecule has 0 bridgehead atoms. The SMILES string of the molecule is Cc1ccc(CSc2nc3cc(S(=O)(=O)N4CCCC(C)C4)ccc3n2CC2CCCO2)cc1F. The first-order chi connectivity index (χ1) is 16.8. The number of ether oxygens (including phenoxy) is 1. The van der Waals surface area contributed by atoms with Crippen LogP contribution in [0, 0.1) is 18.7 Å². The van der Waals surface area contributed by atoms with Crippen molar-refractivity contribution in [3.63, 3.8) is 0 Å². The van der Waals surface area contributed by atoms with Crippen LogP contribution in [0.25, 0.3) is 11.0 Å². The number of aromatic nitrogens is 2. The fraction of sp³-hybridized carbons (Fsp3) is 0.500. The summed E-state index contributed by atoms with van der Waals surface area (Å²) in [4.78, 5) is 5.13. The van der Waals surface area contributed by atoms with Gasteiger partial charge in [0.05, 0.1) is 28.6 Å². The molecule has 2 aliphatic heterocycles. The van der Waals surface area contributed by atoms with E-state index in [0.717, 1.165) is 48.5 Å². The maximum Gasteiger partial charge on any atom is 0.243 e. The third kappa shape index (κ3) is 5.28. The van der Waals surface area contributed by atoms with Gasteiger partial charge < -0.3 is 9.30 Å². The van der Waals surface area contributed by atoms with Gasteiger partial charge in [0, 0.05) is 25.4 Å². The quantitative estimate of drug-likeness (QED) is 0.394. The standard InChI is InChI=1S/C26H32FN3O3S2/c1-18-5-3-11-29(15-18)35(31,32)22-9-10-25-24(14-22)28-26(30(25)16-21-6-4-12-33-21)34-17-20-8-7-19(2)23(27)13-20/h7-10,13-14,18,21H,3-6,11-12,15-17H2,1-2H3. The zero-order valence-electron chi connectivity index (χ0n) is 20.2. The monoisotopic (exact) mass is 517 g/mol. The zero-order valence-corrected chi connectivity index (χ0v) is 21.9. The van der Waals surface area contributed by atoms with E-state index in [1.165, 1.54) is 11.8 Å². The lowest BCUT2D eigenvalue weighted by atomic mass is 10.0. The molecule has 188 valence electrons. The van der Waals surface area contributed by atoms with Crippen molar-refractivity contribution in [2.45, 2.75) is 68.0 Å². The first kappa shape index (κ1) is 24.7. The summed E-state index contributed by atoms with van der Waals surface area (Å²) in [5.74, 6) is 0.725. The molecule has 0 spiro atoms. The Morgan fingerprint density at radius 3 is 2.77 bits per heavy atom. The number of rotatable bonds is 7. The van der Waals surface area contributed by atoms with Crippen LogP contribution in [0.2, 0.25) is 0 Å². The normalized spacial score (nSPS) is 21.7. The maximum absolute atomic E-state index is 14.0. The first-order valence-electron chi connectivity index (χ1n) is 12.3. The Hall–Kier alpha value is -1.94. The molecule has 0 amide bonds. The van der Waals surface area contributed by atoms with Crippen LogP contribution in [-0.4, -0.2) is 48.1 Å². The number of hydrogen-bond acceptors (Lipinski definition) is 5. The summed E-state index contributed by atoms with van der Waals surface area (Å²) < 4.78 is 50.4. The Morgan fingerprint density at radius 1 is 1.17 bits per heavy atom. The van der Waals surface area contributed by atoms with E-state index >= 15 is 0 Å². The van der Waals surface area contributed by atoms with Crippen LogP contribution in [0.5, 0.6) is 0 Å².